The molecule has 100 valence electrons. The Balaban J connectivity index is 2.13. The first-order chi connectivity index (χ1) is 8.47. The third-order valence-corrected chi connectivity index (χ3v) is 4.21. The van der Waals surface area contributed by atoms with E-state index in [-0.39, 0.29) is 0 Å². The molecule has 1 saturated heterocycles. The molecule has 18 heavy (non-hydrogen) atoms. The maximum atomic E-state index is 6.04. The Morgan fingerprint density at radius 2 is 1.78 bits per heavy atom. The van der Waals surface area contributed by atoms with Crippen molar-refractivity contribution in [3.05, 3.63) is 21.7 Å². The van der Waals surface area contributed by atoms with Crippen molar-refractivity contribution < 1.29 is 0 Å². The summed E-state index contributed by atoms with van der Waals surface area (Å²) >= 11 is 12.1. The van der Waals surface area contributed by atoms with Crippen molar-refractivity contribution in [3.63, 3.8) is 0 Å². The van der Waals surface area contributed by atoms with E-state index in [1.807, 2.05) is 6.92 Å². The van der Waals surface area contributed by atoms with E-state index < -0.39 is 0 Å². The zero-order valence-electron chi connectivity index (χ0n) is 11.0. The lowest BCUT2D eigenvalue weighted by Gasteiger charge is -2.37. The molecule has 1 aromatic heterocycles. The molecule has 2 heterocycles. The minimum absolute atomic E-state index is 0.415. The maximum Gasteiger partial charge on any atom is 0.137 e. The van der Waals surface area contributed by atoms with Gasteiger partial charge in [-0.3, -0.25) is 0 Å². The highest BCUT2D eigenvalue weighted by Crippen LogP contribution is 2.21. The van der Waals surface area contributed by atoms with Crippen LogP contribution in [0.3, 0.4) is 0 Å². The van der Waals surface area contributed by atoms with Crippen LogP contribution in [0, 0.1) is 6.92 Å². The molecule has 0 spiro atoms. The van der Waals surface area contributed by atoms with Crippen molar-refractivity contribution in [2.24, 2.45) is 0 Å². The zero-order valence-corrected chi connectivity index (χ0v) is 12.5. The van der Waals surface area contributed by atoms with Gasteiger partial charge in [0.05, 0.1) is 0 Å². The fraction of sp³-hybridized carbons (Fsp3) is 0.667. The van der Waals surface area contributed by atoms with Gasteiger partial charge in [0.15, 0.2) is 0 Å². The Hall–Kier alpha value is -0.420. The van der Waals surface area contributed by atoms with Crippen molar-refractivity contribution >= 4 is 23.2 Å². The lowest BCUT2D eigenvalue weighted by atomic mass is 10.1. The SMILES string of the molecule is Cc1c(Cl)nc(CC2CN(C)CCN2C)nc1Cl. The molecule has 6 heteroatoms. The second-order valence-electron chi connectivity index (χ2n) is 4.95. The molecule has 0 saturated carbocycles. The molecule has 1 aromatic rings. The number of likely N-dealkylation sites (N-methyl/N-ethyl adjacent to an activating group) is 2. The summed E-state index contributed by atoms with van der Waals surface area (Å²) in [5.74, 6) is 0.725. The summed E-state index contributed by atoms with van der Waals surface area (Å²) in [5, 5.41) is 0.911. The van der Waals surface area contributed by atoms with Crippen molar-refractivity contribution in [1.82, 2.24) is 19.8 Å². The highest BCUT2D eigenvalue weighted by molar-refractivity contribution is 6.34. The molecule has 2 rings (SSSR count). The van der Waals surface area contributed by atoms with Crippen LogP contribution in [-0.4, -0.2) is 59.5 Å². The highest BCUT2D eigenvalue weighted by Gasteiger charge is 2.23. The van der Waals surface area contributed by atoms with Crippen LogP contribution in [0.2, 0.25) is 10.3 Å². The molecular formula is C12H18Cl2N4. The Bertz CT molecular complexity index is 415. The van der Waals surface area contributed by atoms with Gasteiger partial charge in [-0.05, 0) is 21.0 Å². The number of halogens is 2. The second-order valence-corrected chi connectivity index (χ2v) is 5.66. The van der Waals surface area contributed by atoms with E-state index in [1.165, 1.54) is 0 Å². The van der Waals surface area contributed by atoms with Crippen molar-refractivity contribution in [2.75, 3.05) is 33.7 Å². The number of hydrogen-bond acceptors (Lipinski definition) is 4. The van der Waals surface area contributed by atoms with Crippen molar-refractivity contribution in [2.45, 2.75) is 19.4 Å². The van der Waals surface area contributed by atoms with Gasteiger partial charge in [-0.2, -0.15) is 0 Å². The Labute approximate surface area is 118 Å². The van der Waals surface area contributed by atoms with Crippen LogP contribution in [0.4, 0.5) is 0 Å². The molecule has 4 nitrogen and oxygen atoms in total. The standard InChI is InChI=1S/C12H18Cl2N4/c1-8-11(13)15-10(16-12(8)14)6-9-7-17(2)4-5-18(9)3/h9H,4-7H2,1-3H3. The van der Waals surface area contributed by atoms with Gasteiger partial charge in [0.1, 0.15) is 16.1 Å². The number of hydrogen-bond donors (Lipinski definition) is 0. The molecule has 1 aliphatic heterocycles. The lowest BCUT2D eigenvalue weighted by Crippen LogP contribution is -2.50. The van der Waals surface area contributed by atoms with Crippen molar-refractivity contribution in [3.8, 4) is 0 Å². The monoisotopic (exact) mass is 288 g/mol. The van der Waals surface area contributed by atoms with E-state index in [0.717, 1.165) is 37.4 Å². The van der Waals surface area contributed by atoms with E-state index in [1.54, 1.807) is 0 Å². The highest BCUT2D eigenvalue weighted by atomic mass is 35.5. The fourth-order valence-electron chi connectivity index (χ4n) is 2.13. The summed E-state index contributed by atoms with van der Waals surface area (Å²) in [6.07, 6.45) is 0.778. The number of rotatable bonds is 2. The average Bonchev–Trinajstić information content (AvgIpc) is 2.31. The first kappa shape index (κ1) is 14.0. The molecule has 0 bridgehead atoms. The van der Waals surface area contributed by atoms with Crippen LogP contribution in [0.15, 0.2) is 0 Å². The summed E-state index contributed by atoms with van der Waals surface area (Å²) in [6, 6.07) is 0.415. The van der Waals surface area contributed by atoms with Gasteiger partial charge in [-0.15, -0.1) is 0 Å². The molecule has 0 N–H and O–H groups in total. The average molecular weight is 289 g/mol. The summed E-state index contributed by atoms with van der Waals surface area (Å²) in [7, 11) is 4.27. The fourth-order valence-corrected chi connectivity index (χ4v) is 2.55. The van der Waals surface area contributed by atoms with Crippen LogP contribution in [0.25, 0.3) is 0 Å². The lowest BCUT2D eigenvalue weighted by molar-refractivity contribution is 0.113. The van der Waals surface area contributed by atoms with Crippen LogP contribution < -0.4 is 0 Å². The van der Waals surface area contributed by atoms with E-state index in [0.29, 0.717) is 16.3 Å². The Kier molecular flexibility index (Phi) is 4.43. The molecule has 1 atom stereocenters. The minimum Gasteiger partial charge on any atom is -0.304 e. The predicted octanol–water partition coefficient (Wildman–Crippen LogP) is 1.88. The number of nitrogens with zero attached hydrogens (tertiary/aromatic N) is 4. The summed E-state index contributed by atoms with van der Waals surface area (Å²) < 4.78 is 0. The van der Waals surface area contributed by atoms with Gasteiger partial charge in [-0.1, -0.05) is 23.2 Å². The van der Waals surface area contributed by atoms with E-state index in [4.69, 9.17) is 23.2 Å². The summed E-state index contributed by atoms with van der Waals surface area (Å²) in [4.78, 5) is 13.3. The maximum absolute atomic E-state index is 6.04. The van der Waals surface area contributed by atoms with E-state index >= 15 is 0 Å². The molecular weight excluding hydrogens is 271 g/mol. The number of aromatic nitrogens is 2. The molecule has 1 fully saturated rings. The molecule has 1 aliphatic rings. The van der Waals surface area contributed by atoms with Gasteiger partial charge in [0.25, 0.3) is 0 Å². The number of piperazine rings is 1. The minimum atomic E-state index is 0.415. The van der Waals surface area contributed by atoms with Gasteiger partial charge in [0, 0.05) is 37.7 Å². The predicted molar refractivity (Wildman–Crippen MR) is 74.4 cm³/mol. The summed E-state index contributed by atoms with van der Waals surface area (Å²) in [6.45, 7) is 5.01. The van der Waals surface area contributed by atoms with Crippen molar-refractivity contribution in [1.29, 1.82) is 0 Å². The Morgan fingerprint density at radius 3 is 2.39 bits per heavy atom. The quantitative estimate of drug-likeness (QED) is 0.778. The van der Waals surface area contributed by atoms with Gasteiger partial charge in [-0.25, -0.2) is 9.97 Å². The molecule has 0 amide bonds. The van der Waals surface area contributed by atoms with Crippen LogP contribution in [0.5, 0.6) is 0 Å². The topological polar surface area (TPSA) is 32.3 Å². The van der Waals surface area contributed by atoms with Crippen LogP contribution in [0.1, 0.15) is 11.4 Å². The smallest absolute Gasteiger partial charge is 0.137 e. The molecule has 0 aliphatic carbocycles. The third-order valence-electron chi connectivity index (χ3n) is 3.47. The molecule has 0 radical (unpaired) electrons. The zero-order chi connectivity index (χ0) is 13.3. The Morgan fingerprint density at radius 1 is 1.17 bits per heavy atom. The van der Waals surface area contributed by atoms with Crippen LogP contribution in [-0.2, 0) is 6.42 Å². The van der Waals surface area contributed by atoms with Gasteiger partial charge < -0.3 is 9.80 Å². The largest absolute Gasteiger partial charge is 0.304 e. The van der Waals surface area contributed by atoms with Gasteiger partial charge in [0.2, 0.25) is 0 Å². The summed E-state index contributed by atoms with van der Waals surface area (Å²) in [5.41, 5.74) is 0.746. The van der Waals surface area contributed by atoms with Crippen LogP contribution >= 0.6 is 23.2 Å². The first-order valence-electron chi connectivity index (χ1n) is 6.04. The first-order valence-corrected chi connectivity index (χ1v) is 6.80. The molecule has 0 aromatic carbocycles. The molecule has 1 unspecified atom stereocenters. The second kappa shape index (κ2) is 5.70. The normalized spacial score (nSPS) is 22.4. The van der Waals surface area contributed by atoms with Gasteiger partial charge >= 0.3 is 0 Å². The third kappa shape index (κ3) is 3.12. The van der Waals surface area contributed by atoms with E-state index in [2.05, 4.69) is 33.9 Å². The van der Waals surface area contributed by atoms with E-state index in [9.17, 15) is 0 Å².